The lowest BCUT2D eigenvalue weighted by Crippen LogP contribution is -2.52. The van der Waals surface area contributed by atoms with Gasteiger partial charge in [-0.25, -0.2) is 9.78 Å². The van der Waals surface area contributed by atoms with Gasteiger partial charge in [0.15, 0.2) is 0 Å². The van der Waals surface area contributed by atoms with Crippen LogP contribution in [0, 0.1) is 0 Å². The summed E-state index contributed by atoms with van der Waals surface area (Å²) in [5.41, 5.74) is 7.21. The maximum Gasteiger partial charge on any atom is 0.326 e. The molecule has 2 atom stereocenters. The smallest absolute Gasteiger partial charge is 0.326 e. The zero-order valence-corrected chi connectivity index (χ0v) is 11.8. The second-order valence-corrected chi connectivity index (χ2v) is 5.15. The average molecular weight is 295 g/mol. The van der Waals surface area contributed by atoms with Gasteiger partial charge < -0.3 is 21.1 Å². The maximum atomic E-state index is 12.2. The van der Waals surface area contributed by atoms with Gasteiger partial charge >= 0.3 is 5.97 Å². The van der Waals surface area contributed by atoms with Crippen LogP contribution < -0.4 is 16.4 Å². The summed E-state index contributed by atoms with van der Waals surface area (Å²) < 4.78 is 0. The number of carbonyl (C=O) groups is 2. The first-order valence-electron chi connectivity index (χ1n) is 7.09. The minimum atomic E-state index is -1.02. The van der Waals surface area contributed by atoms with Gasteiger partial charge in [-0.3, -0.25) is 10.1 Å². The van der Waals surface area contributed by atoms with Gasteiger partial charge in [0.1, 0.15) is 6.04 Å². The molecule has 1 aromatic heterocycles. The standard InChI is InChI=1S/C13H21N5O3/c14-4-2-1-3-8(13(20)21)18-12(19)10-5-9-11(6-15-10)17-7-16-9/h7-8,10,15H,1-6,14H2,(H,16,17)(H,18,19)(H,20,21)/t8-,10?/m0/s1. The highest BCUT2D eigenvalue weighted by molar-refractivity contribution is 5.87. The summed E-state index contributed by atoms with van der Waals surface area (Å²) in [4.78, 5) is 30.5. The van der Waals surface area contributed by atoms with E-state index in [4.69, 9.17) is 10.8 Å². The van der Waals surface area contributed by atoms with E-state index in [1.165, 1.54) is 0 Å². The Hall–Kier alpha value is -1.93. The molecule has 1 aromatic rings. The van der Waals surface area contributed by atoms with Crippen molar-refractivity contribution in [1.29, 1.82) is 0 Å². The predicted molar refractivity (Wildman–Crippen MR) is 75.4 cm³/mol. The molecule has 1 aliphatic heterocycles. The number of fused-ring (bicyclic) bond motifs is 1. The number of nitrogens with one attached hydrogen (secondary N) is 3. The molecular weight excluding hydrogens is 274 g/mol. The van der Waals surface area contributed by atoms with E-state index >= 15 is 0 Å². The highest BCUT2D eigenvalue weighted by atomic mass is 16.4. The van der Waals surface area contributed by atoms with Crippen LogP contribution in [0.1, 0.15) is 30.7 Å². The third kappa shape index (κ3) is 4.02. The number of H-pyrrole nitrogens is 1. The van der Waals surface area contributed by atoms with Crippen LogP contribution in [-0.2, 0) is 22.6 Å². The Bertz CT molecular complexity index is 502. The number of nitrogens with zero attached hydrogens (tertiary/aromatic N) is 1. The molecule has 0 spiro atoms. The number of carbonyl (C=O) groups excluding carboxylic acids is 1. The van der Waals surface area contributed by atoms with E-state index in [1.807, 2.05) is 0 Å². The molecule has 21 heavy (non-hydrogen) atoms. The van der Waals surface area contributed by atoms with Crippen molar-refractivity contribution in [2.24, 2.45) is 5.73 Å². The molecule has 0 bridgehead atoms. The molecule has 8 heteroatoms. The van der Waals surface area contributed by atoms with Crippen LogP contribution in [0.15, 0.2) is 6.33 Å². The fourth-order valence-corrected chi connectivity index (χ4v) is 2.38. The molecule has 2 rings (SSSR count). The summed E-state index contributed by atoms with van der Waals surface area (Å²) in [6.07, 6.45) is 3.87. The summed E-state index contributed by atoms with van der Waals surface area (Å²) in [7, 11) is 0. The van der Waals surface area contributed by atoms with E-state index < -0.39 is 18.1 Å². The van der Waals surface area contributed by atoms with Crippen molar-refractivity contribution in [3.8, 4) is 0 Å². The Balaban J connectivity index is 1.89. The van der Waals surface area contributed by atoms with Gasteiger partial charge in [-0.05, 0) is 25.8 Å². The predicted octanol–water partition coefficient (Wildman–Crippen LogP) is -0.878. The molecule has 6 N–H and O–H groups in total. The summed E-state index contributed by atoms with van der Waals surface area (Å²) in [5, 5.41) is 14.8. The third-order valence-electron chi connectivity index (χ3n) is 3.61. The van der Waals surface area contributed by atoms with Crippen molar-refractivity contribution in [2.75, 3.05) is 6.54 Å². The SMILES string of the molecule is NCCCC[C@H](NC(=O)C1Cc2nc[nH]c2CN1)C(=O)O. The van der Waals surface area contributed by atoms with E-state index in [1.54, 1.807) is 6.33 Å². The van der Waals surface area contributed by atoms with Crippen LogP contribution in [0.4, 0.5) is 0 Å². The van der Waals surface area contributed by atoms with Gasteiger partial charge in [-0.15, -0.1) is 0 Å². The molecule has 0 saturated carbocycles. The highest BCUT2D eigenvalue weighted by Gasteiger charge is 2.28. The Kier molecular flexibility index (Phi) is 5.29. The van der Waals surface area contributed by atoms with Crippen molar-refractivity contribution in [3.05, 3.63) is 17.7 Å². The summed E-state index contributed by atoms with van der Waals surface area (Å²) in [6, 6.07) is -1.32. The maximum absolute atomic E-state index is 12.2. The number of imidazole rings is 1. The number of rotatable bonds is 7. The van der Waals surface area contributed by atoms with Crippen molar-refractivity contribution < 1.29 is 14.7 Å². The highest BCUT2D eigenvalue weighted by Crippen LogP contribution is 2.12. The number of hydrogen-bond donors (Lipinski definition) is 5. The Morgan fingerprint density at radius 1 is 1.52 bits per heavy atom. The number of nitrogens with two attached hydrogens (primary N) is 1. The molecule has 1 amide bonds. The van der Waals surface area contributed by atoms with Gasteiger partial charge in [0.05, 0.1) is 23.8 Å². The first-order chi connectivity index (χ1) is 10.1. The molecule has 0 fully saturated rings. The van der Waals surface area contributed by atoms with Gasteiger partial charge in [-0.2, -0.15) is 0 Å². The molecular formula is C13H21N5O3. The first-order valence-corrected chi connectivity index (χ1v) is 7.09. The number of aliphatic carboxylic acids is 1. The zero-order chi connectivity index (χ0) is 15.2. The minimum absolute atomic E-state index is 0.302. The molecule has 0 radical (unpaired) electrons. The second kappa shape index (κ2) is 7.19. The second-order valence-electron chi connectivity index (χ2n) is 5.15. The lowest BCUT2D eigenvalue weighted by atomic mass is 10.0. The van der Waals surface area contributed by atoms with Gasteiger partial charge in [0, 0.05) is 13.0 Å². The summed E-state index contributed by atoms with van der Waals surface area (Å²) in [6.45, 7) is 1.05. The minimum Gasteiger partial charge on any atom is -0.480 e. The third-order valence-corrected chi connectivity index (χ3v) is 3.61. The molecule has 2 heterocycles. The van der Waals surface area contributed by atoms with Gasteiger partial charge in [0.25, 0.3) is 0 Å². The molecule has 116 valence electrons. The largest absolute Gasteiger partial charge is 0.480 e. The van der Waals surface area contributed by atoms with Crippen molar-refractivity contribution in [1.82, 2.24) is 20.6 Å². The number of unbranched alkanes of at least 4 members (excludes halogenated alkanes) is 1. The van der Waals surface area contributed by atoms with E-state index in [2.05, 4.69) is 20.6 Å². The summed E-state index contributed by atoms with van der Waals surface area (Å²) in [5.74, 6) is -1.32. The molecule has 0 saturated heterocycles. The number of amides is 1. The molecule has 1 unspecified atom stereocenters. The number of aromatic amines is 1. The van der Waals surface area contributed by atoms with Gasteiger partial charge in [-0.1, -0.05) is 0 Å². The molecule has 8 nitrogen and oxygen atoms in total. The first kappa shape index (κ1) is 15.5. The summed E-state index contributed by atoms with van der Waals surface area (Å²) >= 11 is 0. The van der Waals surface area contributed by atoms with Crippen LogP contribution in [0.2, 0.25) is 0 Å². The van der Waals surface area contributed by atoms with E-state index in [0.717, 1.165) is 17.8 Å². The molecule has 0 aromatic carbocycles. The van der Waals surface area contributed by atoms with Gasteiger partial charge in [0.2, 0.25) is 5.91 Å². The molecule has 0 aliphatic carbocycles. The van der Waals surface area contributed by atoms with Crippen LogP contribution in [0.3, 0.4) is 0 Å². The average Bonchev–Trinajstić information content (AvgIpc) is 2.93. The Labute approximate surface area is 122 Å². The number of carboxylic acids is 1. The van der Waals surface area contributed by atoms with E-state index in [9.17, 15) is 9.59 Å². The molecule has 1 aliphatic rings. The lowest BCUT2D eigenvalue weighted by molar-refractivity contribution is -0.142. The topological polar surface area (TPSA) is 133 Å². The zero-order valence-electron chi connectivity index (χ0n) is 11.8. The Morgan fingerprint density at radius 2 is 2.33 bits per heavy atom. The number of carboxylic acid groups (broad SMARTS) is 1. The lowest BCUT2D eigenvalue weighted by Gasteiger charge is -2.24. The number of hydrogen-bond acceptors (Lipinski definition) is 5. The quantitative estimate of drug-likeness (QED) is 0.415. The van der Waals surface area contributed by atoms with Crippen LogP contribution >= 0.6 is 0 Å². The Morgan fingerprint density at radius 3 is 3.05 bits per heavy atom. The number of aromatic nitrogens is 2. The van der Waals surface area contributed by atoms with Crippen LogP contribution in [0.25, 0.3) is 0 Å². The van der Waals surface area contributed by atoms with E-state index in [-0.39, 0.29) is 5.91 Å². The monoisotopic (exact) mass is 295 g/mol. The fourth-order valence-electron chi connectivity index (χ4n) is 2.38. The van der Waals surface area contributed by atoms with Crippen molar-refractivity contribution >= 4 is 11.9 Å². The normalized spacial score (nSPS) is 18.8. The van der Waals surface area contributed by atoms with E-state index in [0.29, 0.717) is 32.4 Å². The fraction of sp³-hybridized carbons (Fsp3) is 0.615. The van der Waals surface area contributed by atoms with Crippen LogP contribution in [-0.4, -0.2) is 45.6 Å². The van der Waals surface area contributed by atoms with Crippen LogP contribution in [0.5, 0.6) is 0 Å². The van der Waals surface area contributed by atoms with Crippen molar-refractivity contribution in [2.45, 2.75) is 44.3 Å². The van der Waals surface area contributed by atoms with Crippen molar-refractivity contribution in [3.63, 3.8) is 0 Å².